The van der Waals surface area contributed by atoms with E-state index in [9.17, 15) is 0 Å². The molecule has 0 saturated heterocycles. The quantitative estimate of drug-likeness (QED) is 0.616. The number of thiophene rings is 1. The van der Waals surface area contributed by atoms with E-state index in [1.54, 1.807) is 11.3 Å². The molecule has 4 nitrogen and oxygen atoms in total. The highest BCUT2D eigenvalue weighted by Crippen LogP contribution is 2.24. The largest absolute Gasteiger partial charge is 0.419 e. The van der Waals surface area contributed by atoms with Crippen LogP contribution in [0.1, 0.15) is 10.8 Å². The van der Waals surface area contributed by atoms with E-state index in [1.165, 1.54) is 4.88 Å². The van der Waals surface area contributed by atoms with Gasteiger partial charge in [0.2, 0.25) is 11.8 Å². The van der Waals surface area contributed by atoms with Crippen LogP contribution < -0.4 is 0 Å². The summed E-state index contributed by atoms with van der Waals surface area (Å²) in [6, 6.07) is 11.7. The van der Waals surface area contributed by atoms with Gasteiger partial charge in [-0.15, -0.1) is 21.5 Å². The van der Waals surface area contributed by atoms with Crippen LogP contribution in [0.15, 0.2) is 45.3 Å². The maximum absolute atomic E-state index is 5.94. The van der Waals surface area contributed by atoms with Crippen molar-refractivity contribution in [1.29, 1.82) is 0 Å². The van der Waals surface area contributed by atoms with Gasteiger partial charge < -0.3 is 4.42 Å². The molecular weight excluding hydrogens is 386 g/mol. The molecule has 3 rings (SSSR count). The lowest BCUT2D eigenvalue weighted by Gasteiger charge is -2.12. The van der Waals surface area contributed by atoms with Gasteiger partial charge in [-0.25, -0.2) is 0 Å². The first-order valence-electron chi connectivity index (χ1n) is 6.61. The van der Waals surface area contributed by atoms with E-state index in [4.69, 9.17) is 16.0 Å². The molecule has 3 aromatic rings. The molecular formula is C15H13BrClN3OS. The van der Waals surface area contributed by atoms with E-state index < -0.39 is 0 Å². The smallest absolute Gasteiger partial charge is 0.247 e. The molecule has 7 heteroatoms. The number of nitrogens with zero attached hydrogens (tertiary/aromatic N) is 3. The molecule has 0 amide bonds. The van der Waals surface area contributed by atoms with E-state index in [1.807, 2.05) is 43.4 Å². The van der Waals surface area contributed by atoms with Crippen molar-refractivity contribution >= 4 is 38.9 Å². The van der Waals surface area contributed by atoms with Crippen LogP contribution in [0.4, 0.5) is 0 Å². The van der Waals surface area contributed by atoms with Crippen molar-refractivity contribution in [2.24, 2.45) is 0 Å². The molecule has 0 aliphatic carbocycles. The summed E-state index contributed by atoms with van der Waals surface area (Å²) in [7, 11) is 2.01. The van der Waals surface area contributed by atoms with Crippen LogP contribution in [0, 0.1) is 0 Å². The third-order valence-electron chi connectivity index (χ3n) is 3.00. The molecule has 0 fully saturated rings. The second kappa shape index (κ2) is 6.91. The maximum Gasteiger partial charge on any atom is 0.247 e. The van der Waals surface area contributed by atoms with Gasteiger partial charge in [0.05, 0.1) is 10.9 Å². The third kappa shape index (κ3) is 3.95. The Balaban J connectivity index is 1.66. The fourth-order valence-electron chi connectivity index (χ4n) is 2.05. The standard InChI is InChI=1S/C15H13BrClN3OS/c1-20(8-12-5-6-13(17)22-12)9-14-18-19-15(21-14)10-3-2-4-11(16)7-10/h2-7H,8-9H2,1H3. The fraction of sp³-hybridized carbons (Fsp3) is 0.200. The Bertz CT molecular complexity index is 774. The number of aromatic nitrogens is 2. The first-order chi connectivity index (χ1) is 10.6. The minimum atomic E-state index is 0.531. The van der Waals surface area contributed by atoms with Crippen LogP contribution >= 0.6 is 38.9 Å². The molecule has 0 aliphatic heterocycles. The highest BCUT2D eigenvalue weighted by molar-refractivity contribution is 9.10. The molecule has 22 heavy (non-hydrogen) atoms. The minimum absolute atomic E-state index is 0.531. The van der Waals surface area contributed by atoms with E-state index in [0.29, 0.717) is 18.3 Å². The second-order valence-electron chi connectivity index (χ2n) is 4.89. The summed E-state index contributed by atoms with van der Waals surface area (Å²) >= 11 is 11.0. The molecule has 0 radical (unpaired) electrons. The van der Waals surface area contributed by atoms with Crippen LogP contribution in [-0.2, 0) is 13.1 Å². The molecule has 0 unspecified atom stereocenters. The Kier molecular flexibility index (Phi) is 4.93. The SMILES string of the molecule is CN(Cc1nnc(-c2cccc(Br)c2)o1)Cc1ccc(Cl)s1. The zero-order valence-corrected chi connectivity index (χ0v) is 15.0. The molecule has 114 valence electrons. The van der Waals surface area contributed by atoms with Crippen LogP contribution in [0.2, 0.25) is 4.34 Å². The topological polar surface area (TPSA) is 42.2 Å². The summed E-state index contributed by atoms with van der Waals surface area (Å²) in [5.74, 6) is 1.13. The summed E-state index contributed by atoms with van der Waals surface area (Å²) in [5, 5.41) is 8.22. The summed E-state index contributed by atoms with van der Waals surface area (Å²) < 4.78 is 7.52. The zero-order valence-electron chi connectivity index (χ0n) is 11.8. The fourth-order valence-corrected chi connectivity index (χ4v) is 3.61. The third-order valence-corrected chi connectivity index (χ3v) is 4.71. The zero-order chi connectivity index (χ0) is 15.5. The Morgan fingerprint density at radius 3 is 2.82 bits per heavy atom. The van der Waals surface area contributed by atoms with Gasteiger partial charge in [-0.1, -0.05) is 33.6 Å². The number of hydrogen-bond acceptors (Lipinski definition) is 5. The van der Waals surface area contributed by atoms with E-state index in [2.05, 4.69) is 31.0 Å². The van der Waals surface area contributed by atoms with Crippen molar-refractivity contribution in [3.63, 3.8) is 0 Å². The monoisotopic (exact) mass is 397 g/mol. The summed E-state index contributed by atoms with van der Waals surface area (Å²) in [6.07, 6.45) is 0. The lowest BCUT2D eigenvalue weighted by molar-refractivity contribution is 0.285. The van der Waals surface area contributed by atoms with Crippen molar-refractivity contribution in [2.75, 3.05) is 7.05 Å². The van der Waals surface area contributed by atoms with E-state index in [-0.39, 0.29) is 0 Å². The predicted octanol–water partition coefficient (Wildman–Crippen LogP) is 4.85. The van der Waals surface area contributed by atoms with Crippen molar-refractivity contribution in [1.82, 2.24) is 15.1 Å². The lowest BCUT2D eigenvalue weighted by atomic mass is 10.2. The molecule has 0 N–H and O–H groups in total. The van der Waals surface area contributed by atoms with Gasteiger partial charge in [-0.05, 0) is 37.4 Å². The molecule has 0 saturated carbocycles. The molecule has 0 spiro atoms. The van der Waals surface area contributed by atoms with Crippen LogP contribution in [0.5, 0.6) is 0 Å². The molecule has 0 aliphatic rings. The van der Waals surface area contributed by atoms with E-state index >= 15 is 0 Å². The van der Waals surface area contributed by atoms with Crippen molar-refractivity contribution in [3.8, 4) is 11.5 Å². The number of rotatable bonds is 5. The molecule has 0 bridgehead atoms. The average molecular weight is 399 g/mol. The van der Waals surface area contributed by atoms with Crippen LogP contribution in [0.25, 0.3) is 11.5 Å². The Labute approximate surface area is 145 Å². The Hall–Kier alpha value is -1.21. The maximum atomic E-state index is 5.94. The van der Waals surface area contributed by atoms with Crippen LogP contribution in [-0.4, -0.2) is 22.1 Å². The van der Waals surface area contributed by atoms with Gasteiger partial charge in [-0.3, -0.25) is 4.90 Å². The normalized spacial score (nSPS) is 11.3. The lowest BCUT2D eigenvalue weighted by Crippen LogP contribution is -2.16. The summed E-state index contributed by atoms with van der Waals surface area (Å²) in [6.45, 7) is 1.39. The highest BCUT2D eigenvalue weighted by Gasteiger charge is 2.11. The van der Waals surface area contributed by atoms with Gasteiger partial charge in [-0.2, -0.15) is 0 Å². The summed E-state index contributed by atoms with van der Waals surface area (Å²) in [5.41, 5.74) is 0.904. The Morgan fingerprint density at radius 1 is 1.23 bits per heavy atom. The van der Waals surface area contributed by atoms with Crippen molar-refractivity contribution < 1.29 is 4.42 Å². The van der Waals surface area contributed by atoms with Gasteiger partial charge in [0.25, 0.3) is 0 Å². The number of benzene rings is 1. The molecule has 2 heterocycles. The highest BCUT2D eigenvalue weighted by atomic mass is 79.9. The van der Waals surface area contributed by atoms with Crippen LogP contribution in [0.3, 0.4) is 0 Å². The first kappa shape index (κ1) is 15.7. The first-order valence-corrected chi connectivity index (χ1v) is 8.60. The second-order valence-corrected chi connectivity index (χ2v) is 7.60. The van der Waals surface area contributed by atoms with E-state index in [0.717, 1.165) is 20.9 Å². The van der Waals surface area contributed by atoms with Gasteiger partial charge in [0.1, 0.15) is 0 Å². The summed E-state index contributed by atoms with van der Waals surface area (Å²) in [4.78, 5) is 3.32. The average Bonchev–Trinajstić information content (AvgIpc) is 3.08. The molecule has 2 aromatic heterocycles. The van der Waals surface area contributed by atoms with Crippen molar-refractivity contribution in [3.05, 3.63) is 56.0 Å². The van der Waals surface area contributed by atoms with Gasteiger partial charge >= 0.3 is 0 Å². The molecule has 0 atom stereocenters. The number of hydrogen-bond donors (Lipinski definition) is 0. The predicted molar refractivity (Wildman–Crippen MR) is 91.9 cm³/mol. The number of halogens is 2. The van der Waals surface area contributed by atoms with Crippen molar-refractivity contribution in [2.45, 2.75) is 13.1 Å². The molecule has 1 aromatic carbocycles. The minimum Gasteiger partial charge on any atom is -0.419 e. The van der Waals surface area contributed by atoms with Gasteiger partial charge in [0, 0.05) is 21.5 Å². The van der Waals surface area contributed by atoms with Gasteiger partial charge in [0.15, 0.2) is 0 Å². The Morgan fingerprint density at radius 2 is 2.09 bits per heavy atom.